The molecule has 2 aromatic heterocycles. The molecule has 0 amide bonds. The van der Waals surface area contributed by atoms with Gasteiger partial charge in [0.25, 0.3) is 0 Å². The van der Waals surface area contributed by atoms with E-state index in [9.17, 15) is 9.59 Å². The molecule has 3 rings (SSSR count). The van der Waals surface area contributed by atoms with Crippen molar-refractivity contribution in [3.63, 3.8) is 0 Å². The van der Waals surface area contributed by atoms with E-state index < -0.39 is 0 Å². The highest BCUT2D eigenvalue weighted by molar-refractivity contribution is 7.14. The lowest BCUT2D eigenvalue weighted by molar-refractivity contribution is 0.0893. The van der Waals surface area contributed by atoms with Gasteiger partial charge >= 0.3 is 0 Å². The molecular weight excluding hydrogens is 306 g/mol. The van der Waals surface area contributed by atoms with Gasteiger partial charge in [-0.2, -0.15) is 0 Å². The highest BCUT2D eigenvalue weighted by Crippen LogP contribution is 2.21. The van der Waals surface area contributed by atoms with E-state index in [1.165, 1.54) is 16.9 Å². The standard InChI is InChI=1S/C19H15NO2S/c21-17(16-8-4-5-11-20-16)13-18(22)19-10-9-15(23-19)12-14-6-2-1-3-7-14/h1-11H,12-13H2. The molecule has 0 aliphatic heterocycles. The van der Waals surface area contributed by atoms with Gasteiger partial charge in [0.1, 0.15) is 5.69 Å². The van der Waals surface area contributed by atoms with Crippen LogP contribution in [0, 0.1) is 0 Å². The Bertz CT molecular complexity index is 810. The van der Waals surface area contributed by atoms with Crippen LogP contribution in [0.4, 0.5) is 0 Å². The average molecular weight is 321 g/mol. The minimum atomic E-state index is -0.242. The summed E-state index contributed by atoms with van der Waals surface area (Å²) >= 11 is 1.45. The highest BCUT2D eigenvalue weighted by atomic mass is 32.1. The summed E-state index contributed by atoms with van der Waals surface area (Å²) in [6, 6.07) is 19.0. The summed E-state index contributed by atoms with van der Waals surface area (Å²) < 4.78 is 0. The fourth-order valence-corrected chi connectivity index (χ4v) is 3.25. The van der Waals surface area contributed by atoms with Gasteiger partial charge in [-0.25, -0.2) is 0 Å². The van der Waals surface area contributed by atoms with Gasteiger partial charge < -0.3 is 0 Å². The lowest BCUT2D eigenvalue weighted by atomic mass is 10.1. The van der Waals surface area contributed by atoms with Crippen molar-refractivity contribution in [2.45, 2.75) is 12.8 Å². The van der Waals surface area contributed by atoms with Crippen molar-refractivity contribution in [1.82, 2.24) is 4.98 Å². The van der Waals surface area contributed by atoms with Gasteiger partial charge in [-0.3, -0.25) is 14.6 Å². The Morgan fingerprint density at radius 1 is 0.870 bits per heavy atom. The summed E-state index contributed by atoms with van der Waals surface area (Å²) in [4.78, 5) is 30.0. The molecule has 0 N–H and O–H groups in total. The fraction of sp³-hybridized carbons (Fsp3) is 0.105. The van der Waals surface area contributed by atoms with Crippen LogP contribution in [-0.4, -0.2) is 16.6 Å². The molecule has 0 radical (unpaired) electrons. The molecular formula is C19H15NO2S. The maximum atomic E-state index is 12.3. The van der Waals surface area contributed by atoms with E-state index in [-0.39, 0.29) is 18.0 Å². The lowest BCUT2D eigenvalue weighted by Gasteiger charge is -1.99. The molecule has 3 aromatic rings. The summed E-state index contributed by atoms with van der Waals surface area (Å²) in [5.41, 5.74) is 1.54. The van der Waals surface area contributed by atoms with Gasteiger partial charge in [-0.05, 0) is 29.8 Å². The van der Waals surface area contributed by atoms with E-state index in [0.717, 1.165) is 11.3 Å². The molecule has 0 spiro atoms. The van der Waals surface area contributed by atoms with Gasteiger partial charge in [0.2, 0.25) is 0 Å². The topological polar surface area (TPSA) is 47.0 Å². The SMILES string of the molecule is O=C(CC(=O)c1ccc(Cc2ccccc2)s1)c1ccccn1. The number of thiophene rings is 1. The van der Waals surface area contributed by atoms with E-state index in [2.05, 4.69) is 17.1 Å². The molecule has 3 nitrogen and oxygen atoms in total. The van der Waals surface area contributed by atoms with E-state index in [1.54, 1.807) is 30.5 Å². The highest BCUT2D eigenvalue weighted by Gasteiger charge is 2.16. The predicted octanol–water partition coefficient (Wildman–Crippen LogP) is 4.19. The molecule has 0 aliphatic rings. The van der Waals surface area contributed by atoms with Gasteiger partial charge in [0.15, 0.2) is 11.6 Å². The molecule has 1 aromatic carbocycles. The third-order valence-corrected chi connectivity index (χ3v) is 4.56. The van der Waals surface area contributed by atoms with Crippen LogP contribution >= 0.6 is 11.3 Å². The van der Waals surface area contributed by atoms with Gasteiger partial charge in [-0.15, -0.1) is 11.3 Å². The Balaban J connectivity index is 1.66. The van der Waals surface area contributed by atoms with E-state index in [1.807, 2.05) is 24.3 Å². The van der Waals surface area contributed by atoms with E-state index >= 15 is 0 Å². The summed E-state index contributed by atoms with van der Waals surface area (Å²) in [5.74, 6) is -0.390. The Hall–Kier alpha value is -2.59. The van der Waals surface area contributed by atoms with E-state index in [4.69, 9.17) is 0 Å². The number of carbonyl (C=O) groups excluding carboxylic acids is 2. The maximum Gasteiger partial charge on any atom is 0.188 e. The molecule has 114 valence electrons. The zero-order valence-corrected chi connectivity index (χ0v) is 13.3. The Labute approximate surface area is 138 Å². The number of Topliss-reactive ketones (excluding diaryl/α,β-unsaturated/α-hetero) is 2. The molecule has 0 atom stereocenters. The van der Waals surface area contributed by atoms with Crippen LogP contribution in [0.15, 0.2) is 66.9 Å². The van der Waals surface area contributed by atoms with Crippen molar-refractivity contribution in [2.24, 2.45) is 0 Å². The van der Waals surface area contributed by atoms with Crippen molar-refractivity contribution >= 4 is 22.9 Å². The number of carbonyl (C=O) groups is 2. The summed E-state index contributed by atoms with van der Waals surface area (Å²) in [7, 11) is 0. The fourth-order valence-electron chi connectivity index (χ4n) is 2.27. The van der Waals surface area contributed by atoms with E-state index in [0.29, 0.717) is 10.6 Å². The van der Waals surface area contributed by atoms with Crippen molar-refractivity contribution in [3.8, 4) is 0 Å². The Morgan fingerprint density at radius 2 is 1.65 bits per heavy atom. The van der Waals surface area contributed by atoms with Crippen LogP contribution in [-0.2, 0) is 6.42 Å². The number of hydrogen-bond donors (Lipinski definition) is 0. The monoisotopic (exact) mass is 321 g/mol. The number of pyridine rings is 1. The first kappa shape index (κ1) is 15.3. The predicted molar refractivity (Wildman–Crippen MR) is 91.1 cm³/mol. The van der Waals surface area contributed by atoms with Crippen molar-refractivity contribution in [1.29, 1.82) is 0 Å². The normalized spacial score (nSPS) is 10.4. The number of rotatable bonds is 6. The zero-order chi connectivity index (χ0) is 16.1. The van der Waals surface area contributed by atoms with Crippen LogP contribution in [0.3, 0.4) is 0 Å². The van der Waals surface area contributed by atoms with Crippen LogP contribution in [0.25, 0.3) is 0 Å². The largest absolute Gasteiger partial charge is 0.293 e. The van der Waals surface area contributed by atoms with Gasteiger partial charge in [0, 0.05) is 17.5 Å². The summed E-state index contributed by atoms with van der Waals surface area (Å²) in [5, 5.41) is 0. The number of hydrogen-bond acceptors (Lipinski definition) is 4. The smallest absolute Gasteiger partial charge is 0.188 e. The van der Waals surface area contributed by atoms with Crippen molar-refractivity contribution in [2.75, 3.05) is 0 Å². The molecule has 2 heterocycles. The number of nitrogens with zero attached hydrogens (tertiary/aromatic N) is 1. The second-order valence-corrected chi connectivity index (χ2v) is 6.33. The summed E-state index contributed by atoms with van der Waals surface area (Å²) in [6.45, 7) is 0. The first-order valence-corrected chi connectivity index (χ1v) is 8.14. The molecule has 4 heteroatoms. The lowest BCUT2D eigenvalue weighted by Crippen LogP contribution is -2.08. The third-order valence-electron chi connectivity index (χ3n) is 3.43. The second kappa shape index (κ2) is 7.11. The van der Waals surface area contributed by atoms with Gasteiger partial charge in [-0.1, -0.05) is 36.4 Å². The molecule has 0 fully saturated rings. The molecule has 0 aliphatic carbocycles. The number of benzene rings is 1. The van der Waals surface area contributed by atoms with Crippen LogP contribution in [0.5, 0.6) is 0 Å². The first-order valence-electron chi connectivity index (χ1n) is 7.32. The molecule has 0 unspecified atom stereocenters. The van der Waals surface area contributed by atoms with Crippen molar-refractivity contribution in [3.05, 3.63) is 87.9 Å². The van der Waals surface area contributed by atoms with Crippen molar-refractivity contribution < 1.29 is 9.59 Å². The second-order valence-electron chi connectivity index (χ2n) is 5.17. The number of aromatic nitrogens is 1. The van der Waals surface area contributed by atoms with Crippen LogP contribution < -0.4 is 0 Å². The molecule has 0 saturated carbocycles. The maximum absolute atomic E-state index is 12.3. The Morgan fingerprint density at radius 3 is 2.39 bits per heavy atom. The van der Waals surface area contributed by atoms with Gasteiger partial charge in [0.05, 0.1) is 11.3 Å². The summed E-state index contributed by atoms with van der Waals surface area (Å²) in [6.07, 6.45) is 2.22. The minimum absolute atomic E-state index is 0.137. The zero-order valence-electron chi connectivity index (χ0n) is 12.4. The van der Waals surface area contributed by atoms with Crippen LogP contribution in [0.1, 0.15) is 37.0 Å². The minimum Gasteiger partial charge on any atom is -0.293 e. The average Bonchev–Trinajstić information content (AvgIpc) is 3.05. The molecule has 23 heavy (non-hydrogen) atoms. The third kappa shape index (κ3) is 3.99. The molecule has 0 saturated heterocycles. The molecule has 0 bridgehead atoms. The van der Waals surface area contributed by atoms with Crippen LogP contribution in [0.2, 0.25) is 0 Å². The first-order chi connectivity index (χ1) is 11.2. The number of ketones is 2. The quantitative estimate of drug-likeness (QED) is 0.505. The Kier molecular flexibility index (Phi) is 4.74.